The Morgan fingerprint density at radius 2 is 0.573 bits per heavy atom. The van der Waals surface area contributed by atoms with Crippen molar-refractivity contribution in [1.29, 1.82) is 0 Å². The fourth-order valence-corrected chi connectivity index (χ4v) is 16.0. The fourth-order valence-electron chi connectivity index (χ4n) is 14.7. The number of rotatable bonds is 10. The van der Waals surface area contributed by atoms with E-state index in [2.05, 4.69) is 357 Å². The van der Waals surface area contributed by atoms with Crippen LogP contribution in [-0.2, 0) is 0 Å². The van der Waals surface area contributed by atoms with E-state index in [0.717, 1.165) is 96.7 Å². The van der Waals surface area contributed by atoms with Crippen LogP contribution in [0.4, 0.5) is 102 Å². The van der Waals surface area contributed by atoms with Gasteiger partial charge in [0.25, 0.3) is 13.4 Å². The van der Waals surface area contributed by atoms with Crippen LogP contribution in [0, 0.1) is 0 Å². The third kappa shape index (κ3) is 8.05. The van der Waals surface area contributed by atoms with E-state index < -0.39 is 0 Å². The average Bonchev–Trinajstić information content (AvgIpc) is 1.63. The van der Waals surface area contributed by atoms with Crippen molar-refractivity contribution >= 4 is 169 Å². The first-order valence-electron chi connectivity index (χ1n) is 30.6. The molecule has 18 rings (SSSR count). The van der Waals surface area contributed by atoms with Gasteiger partial charge in [-0.05, 0) is 178 Å². The first kappa shape index (κ1) is 51.0. The SMILES string of the molecule is c1ccc(N(c2ccccc2)c2cc3c4c(c2)N(c2ccccc2)c2cc5c(cc2B4c2ccccc2N3c2ccccc2)B2c3c(cc(N(c4ccccc4)c4ccccc4)cc3N(c3ccccc3)c3sc4ccccc4c32)N5c2ccccc2)cc1. The van der Waals surface area contributed by atoms with Crippen LogP contribution in [0.2, 0.25) is 0 Å². The average molecular weight is 1150 g/mol. The molecule has 4 aliphatic heterocycles. The van der Waals surface area contributed by atoms with E-state index in [9.17, 15) is 0 Å². The Kier molecular flexibility index (Phi) is 11.9. The van der Waals surface area contributed by atoms with Gasteiger partial charge in [0.05, 0.1) is 16.4 Å². The van der Waals surface area contributed by atoms with Gasteiger partial charge < -0.3 is 29.4 Å². The van der Waals surface area contributed by atoms with Gasteiger partial charge in [0.2, 0.25) is 0 Å². The topological polar surface area (TPSA) is 19.4 Å². The Morgan fingerprint density at radius 3 is 1.02 bits per heavy atom. The fraction of sp³-hybridized carbons (Fsp3) is 0. The molecule has 416 valence electrons. The second-order valence-electron chi connectivity index (χ2n) is 23.2. The number of hydrogen-bond donors (Lipinski definition) is 0. The van der Waals surface area contributed by atoms with Gasteiger partial charge in [-0.15, -0.1) is 11.3 Å². The zero-order valence-corrected chi connectivity index (χ0v) is 49.2. The highest BCUT2D eigenvalue weighted by molar-refractivity contribution is 7.26. The lowest BCUT2D eigenvalue weighted by Crippen LogP contribution is -2.65. The number of fused-ring (bicyclic) bond motifs is 10. The van der Waals surface area contributed by atoms with Crippen LogP contribution in [0.5, 0.6) is 0 Å². The zero-order chi connectivity index (χ0) is 58.5. The zero-order valence-electron chi connectivity index (χ0n) is 48.4. The Hall–Kier alpha value is -11.3. The van der Waals surface area contributed by atoms with Gasteiger partial charge >= 0.3 is 0 Å². The highest BCUT2D eigenvalue weighted by Crippen LogP contribution is 2.53. The molecule has 5 heterocycles. The summed E-state index contributed by atoms with van der Waals surface area (Å²) in [5.74, 6) is 0. The molecule has 0 fully saturated rings. The molecule has 0 bridgehead atoms. The van der Waals surface area contributed by atoms with Crippen molar-refractivity contribution in [1.82, 2.24) is 0 Å². The second kappa shape index (κ2) is 20.7. The van der Waals surface area contributed by atoms with Crippen LogP contribution in [-0.4, -0.2) is 13.4 Å². The maximum atomic E-state index is 2.65. The maximum Gasteiger partial charge on any atom is 0.254 e. The monoisotopic (exact) mass is 1150 g/mol. The Morgan fingerprint density at radius 1 is 0.236 bits per heavy atom. The molecule has 0 spiro atoms. The van der Waals surface area contributed by atoms with E-state index in [0.29, 0.717) is 0 Å². The normalized spacial score (nSPS) is 13.0. The molecule has 0 atom stereocenters. The molecule has 4 aliphatic rings. The largest absolute Gasteiger partial charge is 0.311 e. The number of thiophene rings is 1. The Labute approximate surface area is 523 Å². The van der Waals surface area contributed by atoms with Crippen molar-refractivity contribution in [3.63, 3.8) is 0 Å². The summed E-state index contributed by atoms with van der Waals surface area (Å²) in [7, 11) is 0. The van der Waals surface area contributed by atoms with Crippen molar-refractivity contribution in [3.05, 3.63) is 328 Å². The Bertz CT molecular complexity index is 4920. The molecule has 14 aromatic rings. The molecular formula is C80H54B2N6S. The maximum absolute atomic E-state index is 2.65. The summed E-state index contributed by atoms with van der Waals surface area (Å²) in [6, 6.07) is 121. The van der Waals surface area contributed by atoms with E-state index in [-0.39, 0.29) is 13.4 Å². The molecule has 0 aliphatic carbocycles. The molecule has 0 saturated carbocycles. The lowest BCUT2D eigenvalue weighted by Gasteiger charge is -2.47. The first-order chi connectivity index (χ1) is 44.2. The van der Waals surface area contributed by atoms with E-state index in [1.807, 2.05) is 11.3 Å². The number of benzene rings is 13. The van der Waals surface area contributed by atoms with Gasteiger partial charge in [-0.2, -0.15) is 0 Å². The summed E-state index contributed by atoms with van der Waals surface area (Å²) in [6.45, 7) is -0.324. The molecule has 6 nitrogen and oxygen atoms in total. The summed E-state index contributed by atoms with van der Waals surface area (Å²) in [5, 5.41) is 2.51. The van der Waals surface area contributed by atoms with E-state index in [1.165, 1.54) is 47.9 Å². The van der Waals surface area contributed by atoms with Gasteiger partial charge in [-0.3, -0.25) is 0 Å². The van der Waals surface area contributed by atoms with E-state index in [1.54, 1.807) is 0 Å². The van der Waals surface area contributed by atoms with Crippen molar-refractivity contribution in [2.75, 3.05) is 29.4 Å². The van der Waals surface area contributed by atoms with Crippen molar-refractivity contribution in [2.24, 2.45) is 0 Å². The highest BCUT2D eigenvalue weighted by Gasteiger charge is 2.50. The van der Waals surface area contributed by atoms with Crippen molar-refractivity contribution in [2.45, 2.75) is 0 Å². The molecule has 1 aromatic heterocycles. The van der Waals surface area contributed by atoms with Crippen LogP contribution in [0.3, 0.4) is 0 Å². The van der Waals surface area contributed by atoms with Crippen molar-refractivity contribution in [3.8, 4) is 0 Å². The smallest absolute Gasteiger partial charge is 0.254 e. The van der Waals surface area contributed by atoms with E-state index in [4.69, 9.17) is 0 Å². The second-order valence-corrected chi connectivity index (χ2v) is 24.2. The predicted molar refractivity (Wildman–Crippen MR) is 379 cm³/mol. The lowest BCUT2D eigenvalue weighted by atomic mass is 9.30. The predicted octanol–water partition coefficient (Wildman–Crippen LogP) is 18.0. The van der Waals surface area contributed by atoms with Gasteiger partial charge in [0.15, 0.2) is 0 Å². The number of para-hydroxylation sites is 9. The molecular weight excluding hydrogens is 1100 g/mol. The summed E-state index contributed by atoms with van der Waals surface area (Å²) in [4.78, 5) is 15.1. The summed E-state index contributed by atoms with van der Waals surface area (Å²) < 4.78 is 1.26. The molecule has 0 amide bonds. The third-order valence-electron chi connectivity index (χ3n) is 18.3. The highest BCUT2D eigenvalue weighted by atomic mass is 32.1. The van der Waals surface area contributed by atoms with Crippen LogP contribution in [0.15, 0.2) is 328 Å². The molecule has 0 N–H and O–H groups in total. The van der Waals surface area contributed by atoms with Gasteiger partial charge in [-0.25, -0.2) is 0 Å². The van der Waals surface area contributed by atoms with Gasteiger partial charge in [-0.1, -0.05) is 188 Å². The van der Waals surface area contributed by atoms with Crippen molar-refractivity contribution < 1.29 is 0 Å². The van der Waals surface area contributed by atoms with Gasteiger partial charge in [0.1, 0.15) is 0 Å². The number of hydrogen-bond acceptors (Lipinski definition) is 7. The molecule has 13 aromatic carbocycles. The summed E-state index contributed by atoms with van der Waals surface area (Å²) in [5.41, 5.74) is 26.5. The molecule has 9 heteroatoms. The molecule has 89 heavy (non-hydrogen) atoms. The standard InChI is InChI=1S/C80H54B2N6S/c1-9-29-55(30-10-1)83(56-31-11-2-12-32-56)63-49-72-78-73(50-63)86(60-39-19-6-20-40-60)70-54-71-68(53-67(70)81(78)66-46-26-27-47-69(66)85(72)59-37-17-5-18-38-59)82-77-65-45-25-28-48-76(65)89-80(77)88(62-43-23-8-24-44-62)75-52-64(51-74(79(75)82)87(71)61-41-21-7-22-42-61)84(57-33-13-3-14-34-57)58-35-15-4-16-36-58/h1-54H. The van der Waals surface area contributed by atoms with Crippen LogP contribution >= 0.6 is 11.3 Å². The van der Waals surface area contributed by atoms with E-state index >= 15 is 0 Å². The van der Waals surface area contributed by atoms with Crippen LogP contribution in [0.25, 0.3) is 10.1 Å². The minimum atomic E-state index is -0.166. The minimum absolute atomic E-state index is 0.158. The minimum Gasteiger partial charge on any atom is -0.311 e. The van der Waals surface area contributed by atoms with Gasteiger partial charge in [0, 0.05) is 90.0 Å². The number of anilines is 18. The van der Waals surface area contributed by atoms with Crippen LogP contribution in [0.1, 0.15) is 0 Å². The Balaban J connectivity index is 0.979. The quantitative estimate of drug-likeness (QED) is 0.126. The lowest BCUT2D eigenvalue weighted by molar-refractivity contribution is 1.22. The molecule has 0 saturated heterocycles. The number of nitrogens with zero attached hydrogens (tertiary/aromatic N) is 6. The summed E-state index contributed by atoms with van der Waals surface area (Å²) in [6.07, 6.45) is 0. The molecule has 0 unspecified atom stereocenters. The molecule has 0 radical (unpaired) electrons. The summed E-state index contributed by atoms with van der Waals surface area (Å²) >= 11 is 1.90. The first-order valence-corrected chi connectivity index (χ1v) is 31.4. The van der Waals surface area contributed by atoms with Crippen LogP contribution < -0.4 is 62.2 Å². The third-order valence-corrected chi connectivity index (χ3v) is 19.5.